The monoisotopic (exact) mass is 368 g/mol. The van der Waals surface area contributed by atoms with Crippen molar-refractivity contribution < 1.29 is 0 Å². The molecule has 138 valence electrons. The van der Waals surface area contributed by atoms with Crippen molar-refractivity contribution in [2.24, 2.45) is 0 Å². The number of nitrogens with one attached hydrogen (secondary N) is 1. The molecule has 1 N–H and O–H groups in total. The Labute approximate surface area is 162 Å². The Kier molecular flexibility index (Phi) is 3.72. The second-order valence-electron chi connectivity index (χ2n) is 7.25. The van der Waals surface area contributed by atoms with Gasteiger partial charge in [0, 0.05) is 52.9 Å². The first kappa shape index (κ1) is 16.6. The molecule has 0 bridgehead atoms. The molecule has 0 unspecified atom stereocenters. The summed E-state index contributed by atoms with van der Waals surface area (Å²) in [6, 6.07) is 8.57. The van der Waals surface area contributed by atoms with E-state index in [1.54, 1.807) is 6.20 Å². The van der Waals surface area contributed by atoms with Crippen LogP contribution in [0.4, 0.5) is 0 Å². The van der Waals surface area contributed by atoms with Gasteiger partial charge in [-0.25, -0.2) is 9.97 Å². The van der Waals surface area contributed by atoms with Crippen molar-refractivity contribution in [3.8, 4) is 22.4 Å². The van der Waals surface area contributed by atoms with Crippen LogP contribution in [0.2, 0.25) is 0 Å². The fourth-order valence-corrected chi connectivity index (χ4v) is 3.82. The van der Waals surface area contributed by atoms with Crippen LogP contribution in [0.5, 0.6) is 0 Å². The summed E-state index contributed by atoms with van der Waals surface area (Å²) >= 11 is 0. The van der Waals surface area contributed by atoms with Crippen LogP contribution in [0, 0.1) is 6.92 Å². The molecule has 5 rings (SSSR count). The first-order chi connectivity index (χ1) is 13.6. The summed E-state index contributed by atoms with van der Waals surface area (Å²) in [6.45, 7) is 6.38. The van der Waals surface area contributed by atoms with Crippen molar-refractivity contribution in [2.45, 2.75) is 26.8 Å². The van der Waals surface area contributed by atoms with Gasteiger partial charge in [-0.15, -0.1) is 0 Å². The summed E-state index contributed by atoms with van der Waals surface area (Å²) in [5.41, 5.74) is 6.88. The maximum absolute atomic E-state index is 4.68. The lowest BCUT2D eigenvalue weighted by Gasteiger charge is -2.11. The molecule has 5 aromatic heterocycles. The molecule has 28 heavy (non-hydrogen) atoms. The zero-order chi connectivity index (χ0) is 19.3. The summed E-state index contributed by atoms with van der Waals surface area (Å²) in [5.74, 6) is 1.00. The fraction of sp³-hybridized carbons (Fsp3) is 0.182. The summed E-state index contributed by atoms with van der Waals surface area (Å²) in [5, 5.41) is 1.04. The molecule has 6 nitrogen and oxygen atoms in total. The van der Waals surface area contributed by atoms with E-state index in [9.17, 15) is 0 Å². The molecular formula is C22H20N6. The molecule has 0 aliphatic rings. The Morgan fingerprint density at radius 1 is 1.04 bits per heavy atom. The zero-order valence-corrected chi connectivity index (χ0v) is 16.0. The number of rotatable bonds is 3. The van der Waals surface area contributed by atoms with Gasteiger partial charge in [-0.3, -0.25) is 9.97 Å². The number of aryl methyl sites for hydroxylation is 1. The van der Waals surface area contributed by atoms with Crippen LogP contribution in [0.1, 0.15) is 25.7 Å². The molecule has 0 aromatic carbocycles. The van der Waals surface area contributed by atoms with E-state index < -0.39 is 0 Å². The molecule has 0 atom stereocenters. The lowest BCUT2D eigenvalue weighted by molar-refractivity contribution is 0.600. The van der Waals surface area contributed by atoms with Gasteiger partial charge in [-0.05, 0) is 39.0 Å². The third-order valence-electron chi connectivity index (χ3n) is 5.07. The quantitative estimate of drug-likeness (QED) is 0.490. The Balaban J connectivity index is 1.70. The molecule has 5 aromatic rings. The smallest absolute Gasteiger partial charge is 0.137 e. The number of imidazole rings is 1. The number of hydrogen-bond acceptors (Lipinski definition) is 4. The van der Waals surface area contributed by atoms with E-state index in [0.717, 1.165) is 50.3 Å². The SMILES string of the molecule is Cc1nc2cnc(-c3c[nH]c4ncc(-c5cccnc5)cc34)cc2n1C(C)C. The summed E-state index contributed by atoms with van der Waals surface area (Å²) in [6.07, 6.45) is 9.32. The van der Waals surface area contributed by atoms with Gasteiger partial charge < -0.3 is 9.55 Å². The Hall–Kier alpha value is -3.54. The molecule has 0 amide bonds. The van der Waals surface area contributed by atoms with Gasteiger partial charge in [0.1, 0.15) is 17.0 Å². The molecule has 0 aliphatic carbocycles. The summed E-state index contributed by atoms with van der Waals surface area (Å²) < 4.78 is 2.24. The standard InChI is InChI=1S/C22H20N6/c1-13(2)28-14(3)27-20-12-24-19(8-21(20)28)18-11-26-22-17(18)7-16(10-25-22)15-5-4-6-23-9-15/h4-13H,1-3H3,(H,25,26). The van der Waals surface area contributed by atoms with Crippen LogP contribution in [-0.4, -0.2) is 29.5 Å². The third-order valence-corrected chi connectivity index (χ3v) is 5.07. The maximum Gasteiger partial charge on any atom is 0.137 e. The third kappa shape index (κ3) is 2.57. The van der Waals surface area contributed by atoms with E-state index in [1.807, 2.05) is 43.8 Å². The van der Waals surface area contributed by atoms with Gasteiger partial charge >= 0.3 is 0 Å². The summed E-state index contributed by atoms with van der Waals surface area (Å²) in [4.78, 5) is 21.4. The van der Waals surface area contributed by atoms with E-state index in [0.29, 0.717) is 6.04 Å². The first-order valence-electron chi connectivity index (χ1n) is 9.34. The van der Waals surface area contributed by atoms with E-state index in [4.69, 9.17) is 0 Å². The minimum Gasteiger partial charge on any atom is -0.345 e. The Morgan fingerprint density at radius 2 is 1.93 bits per heavy atom. The molecule has 0 spiro atoms. The van der Waals surface area contributed by atoms with Crippen LogP contribution in [0.15, 0.2) is 55.2 Å². The minimum absolute atomic E-state index is 0.335. The number of aromatic nitrogens is 6. The van der Waals surface area contributed by atoms with Crippen molar-refractivity contribution in [3.63, 3.8) is 0 Å². The van der Waals surface area contributed by atoms with E-state index in [2.05, 4.69) is 55.5 Å². The lowest BCUT2D eigenvalue weighted by atomic mass is 10.1. The second-order valence-corrected chi connectivity index (χ2v) is 7.25. The predicted octanol–water partition coefficient (Wildman–Crippen LogP) is 4.93. The molecule has 0 aliphatic heterocycles. The van der Waals surface area contributed by atoms with Crippen molar-refractivity contribution in [1.82, 2.24) is 29.5 Å². The topological polar surface area (TPSA) is 72.3 Å². The molecule has 0 saturated heterocycles. The lowest BCUT2D eigenvalue weighted by Crippen LogP contribution is -2.02. The number of hydrogen-bond donors (Lipinski definition) is 1. The van der Waals surface area contributed by atoms with Crippen LogP contribution in [0.25, 0.3) is 44.5 Å². The fourth-order valence-electron chi connectivity index (χ4n) is 3.82. The molecule has 6 heteroatoms. The summed E-state index contributed by atoms with van der Waals surface area (Å²) in [7, 11) is 0. The van der Waals surface area contributed by atoms with E-state index >= 15 is 0 Å². The van der Waals surface area contributed by atoms with Crippen LogP contribution in [0.3, 0.4) is 0 Å². The van der Waals surface area contributed by atoms with E-state index in [1.165, 1.54) is 0 Å². The highest BCUT2D eigenvalue weighted by Crippen LogP contribution is 2.31. The van der Waals surface area contributed by atoms with Crippen molar-refractivity contribution >= 4 is 22.1 Å². The van der Waals surface area contributed by atoms with Crippen LogP contribution >= 0.6 is 0 Å². The molecule has 5 heterocycles. The normalized spacial score (nSPS) is 11.7. The second kappa shape index (κ2) is 6.27. The molecule has 0 saturated carbocycles. The van der Waals surface area contributed by atoms with Crippen LogP contribution in [-0.2, 0) is 0 Å². The Bertz CT molecular complexity index is 1300. The van der Waals surface area contributed by atoms with Gasteiger partial charge in [0.15, 0.2) is 0 Å². The van der Waals surface area contributed by atoms with Gasteiger partial charge in [-0.1, -0.05) is 6.07 Å². The van der Waals surface area contributed by atoms with Gasteiger partial charge in [0.2, 0.25) is 0 Å². The average molecular weight is 368 g/mol. The van der Waals surface area contributed by atoms with Crippen LogP contribution < -0.4 is 0 Å². The predicted molar refractivity (Wildman–Crippen MR) is 111 cm³/mol. The van der Waals surface area contributed by atoms with Crippen molar-refractivity contribution in [1.29, 1.82) is 0 Å². The van der Waals surface area contributed by atoms with Gasteiger partial charge in [0.05, 0.1) is 17.4 Å². The number of nitrogens with zero attached hydrogens (tertiary/aromatic N) is 5. The molecule has 0 radical (unpaired) electrons. The van der Waals surface area contributed by atoms with Gasteiger partial charge in [-0.2, -0.15) is 0 Å². The van der Waals surface area contributed by atoms with Gasteiger partial charge in [0.25, 0.3) is 0 Å². The van der Waals surface area contributed by atoms with Crippen molar-refractivity contribution in [2.75, 3.05) is 0 Å². The number of fused-ring (bicyclic) bond motifs is 2. The first-order valence-corrected chi connectivity index (χ1v) is 9.34. The highest BCUT2D eigenvalue weighted by atomic mass is 15.1. The zero-order valence-electron chi connectivity index (χ0n) is 16.0. The number of aromatic amines is 1. The maximum atomic E-state index is 4.68. The minimum atomic E-state index is 0.335. The highest BCUT2D eigenvalue weighted by molar-refractivity contribution is 5.96. The highest BCUT2D eigenvalue weighted by Gasteiger charge is 2.15. The number of H-pyrrole nitrogens is 1. The molecule has 0 fully saturated rings. The molecular weight excluding hydrogens is 348 g/mol. The van der Waals surface area contributed by atoms with Crippen molar-refractivity contribution in [3.05, 3.63) is 61.1 Å². The largest absolute Gasteiger partial charge is 0.345 e. The van der Waals surface area contributed by atoms with E-state index in [-0.39, 0.29) is 0 Å². The Morgan fingerprint density at radius 3 is 2.71 bits per heavy atom. The average Bonchev–Trinajstić information content (AvgIpc) is 3.27. The number of pyridine rings is 3.